The monoisotopic (exact) mass is 200 g/mol. The molecule has 0 aliphatic rings. The van der Waals surface area contributed by atoms with E-state index in [9.17, 15) is 14.7 Å². The van der Waals surface area contributed by atoms with Crippen molar-refractivity contribution in [2.24, 2.45) is 5.92 Å². The van der Waals surface area contributed by atoms with Crippen molar-refractivity contribution in [3.05, 3.63) is 11.3 Å². The summed E-state index contributed by atoms with van der Waals surface area (Å²) in [7, 11) is 1.17. The van der Waals surface area contributed by atoms with Crippen LogP contribution in [0.15, 0.2) is 11.3 Å². The van der Waals surface area contributed by atoms with Crippen molar-refractivity contribution in [1.29, 1.82) is 0 Å². The summed E-state index contributed by atoms with van der Waals surface area (Å²) in [6.45, 7) is 4.99. The van der Waals surface area contributed by atoms with Gasteiger partial charge in [-0.2, -0.15) is 0 Å². The van der Waals surface area contributed by atoms with Gasteiger partial charge in [0.05, 0.1) is 7.11 Å². The summed E-state index contributed by atoms with van der Waals surface area (Å²) in [5, 5.41) is 9.51. The molecule has 0 aliphatic heterocycles. The highest BCUT2D eigenvalue weighted by molar-refractivity contribution is 6.16. The van der Waals surface area contributed by atoms with Gasteiger partial charge in [-0.25, -0.2) is 4.79 Å². The van der Waals surface area contributed by atoms with Crippen LogP contribution in [-0.2, 0) is 14.3 Å². The minimum atomic E-state index is -0.782. The fraction of sp³-hybridized carbons (Fsp3) is 0.600. The van der Waals surface area contributed by atoms with E-state index in [1.54, 1.807) is 0 Å². The van der Waals surface area contributed by atoms with Crippen LogP contribution in [0.5, 0.6) is 0 Å². The van der Waals surface area contributed by atoms with Crippen molar-refractivity contribution in [1.82, 2.24) is 0 Å². The molecule has 0 aliphatic carbocycles. The van der Waals surface area contributed by atoms with Gasteiger partial charge in [0, 0.05) is 6.42 Å². The number of allylic oxidation sites excluding steroid dienone is 1. The lowest BCUT2D eigenvalue weighted by atomic mass is 10.0. The van der Waals surface area contributed by atoms with E-state index in [1.165, 1.54) is 14.0 Å². The first-order valence-electron chi connectivity index (χ1n) is 4.41. The molecular formula is C10H16O4. The molecule has 80 valence electrons. The smallest absolute Gasteiger partial charge is 0.344 e. The highest BCUT2D eigenvalue weighted by Gasteiger charge is 2.20. The molecule has 0 heterocycles. The highest BCUT2D eigenvalue weighted by Crippen LogP contribution is 2.14. The first kappa shape index (κ1) is 12.7. The van der Waals surface area contributed by atoms with Crippen LogP contribution >= 0.6 is 0 Å². The molecule has 0 rings (SSSR count). The number of hydrogen-bond acceptors (Lipinski definition) is 4. The molecule has 0 bridgehead atoms. The lowest BCUT2D eigenvalue weighted by molar-refractivity contribution is -0.137. The molecule has 0 spiro atoms. The Bertz CT molecular complexity index is 263. The van der Waals surface area contributed by atoms with Gasteiger partial charge in [0.2, 0.25) is 0 Å². The molecule has 0 aromatic carbocycles. The molecule has 1 N–H and O–H groups in total. The Hall–Kier alpha value is -1.32. The van der Waals surface area contributed by atoms with E-state index in [2.05, 4.69) is 4.74 Å². The van der Waals surface area contributed by atoms with Crippen LogP contribution in [0.1, 0.15) is 27.2 Å². The lowest BCUT2D eigenvalue weighted by Crippen LogP contribution is -2.15. The molecule has 0 fully saturated rings. The third kappa shape index (κ3) is 3.60. The van der Waals surface area contributed by atoms with Gasteiger partial charge in [-0.1, -0.05) is 13.8 Å². The molecule has 0 aromatic rings. The van der Waals surface area contributed by atoms with Crippen molar-refractivity contribution >= 4 is 11.8 Å². The fourth-order valence-corrected chi connectivity index (χ4v) is 1.06. The van der Waals surface area contributed by atoms with Gasteiger partial charge in [0.15, 0.2) is 5.78 Å². The number of rotatable bonds is 4. The number of hydrogen-bond donors (Lipinski definition) is 1. The summed E-state index contributed by atoms with van der Waals surface area (Å²) in [6, 6.07) is 0. The Kier molecular flexibility index (Phi) is 4.91. The number of ketones is 1. The van der Waals surface area contributed by atoms with Crippen molar-refractivity contribution in [3.63, 3.8) is 0 Å². The number of esters is 1. The highest BCUT2D eigenvalue weighted by atomic mass is 16.5. The number of carbonyl (C=O) groups is 2. The summed E-state index contributed by atoms with van der Waals surface area (Å²) in [4.78, 5) is 22.2. The summed E-state index contributed by atoms with van der Waals surface area (Å²) in [5.74, 6) is -1.28. The molecule has 4 nitrogen and oxygen atoms in total. The third-order valence-corrected chi connectivity index (χ3v) is 1.63. The molecule has 4 heteroatoms. The Morgan fingerprint density at radius 2 is 1.86 bits per heavy atom. The van der Waals surface area contributed by atoms with E-state index in [4.69, 9.17) is 0 Å². The van der Waals surface area contributed by atoms with Crippen LogP contribution < -0.4 is 0 Å². The first-order chi connectivity index (χ1) is 6.40. The van der Waals surface area contributed by atoms with Gasteiger partial charge in [0.25, 0.3) is 0 Å². The van der Waals surface area contributed by atoms with Crippen LogP contribution in [0.4, 0.5) is 0 Å². The zero-order chi connectivity index (χ0) is 11.3. The molecule has 0 amide bonds. The van der Waals surface area contributed by atoms with Crippen molar-refractivity contribution in [2.45, 2.75) is 27.2 Å². The predicted octanol–water partition coefficient (Wildman–Crippen LogP) is 1.61. The Morgan fingerprint density at radius 3 is 2.14 bits per heavy atom. The number of aliphatic hydroxyl groups is 1. The predicted molar refractivity (Wildman–Crippen MR) is 51.8 cm³/mol. The maximum absolute atomic E-state index is 11.1. The summed E-state index contributed by atoms with van der Waals surface area (Å²) in [5.41, 5.74) is -0.249. The molecule has 0 atom stereocenters. The van der Waals surface area contributed by atoms with E-state index >= 15 is 0 Å². The van der Waals surface area contributed by atoms with Crippen LogP contribution in [0.3, 0.4) is 0 Å². The molecule has 0 unspecified atom stereocenters. The van der Waals surface area contributed by atoms with Gasteiger partial charge in [-0.05, 0) is 12.8 Å². The van der Waals surface area contributed by atoms with Gasteiger partial charge in [-0.3, -0.25) is 4.79 Å². The quantitative estimate of drug-likeness (QED) is 0.246. The third-order valence-electron chi connectivity index (χ3n) is 1.63. The minimum Gasteiger partial charge on any atom is -0.511 e. The zero-order valence-corrected chi connectivity index (χ0v) is 8.96. The average Bonchev–Trinajstić information content (AvgIpc) is 2.01. The standard InChI is InChI=1S/C10H16O4/c1-6(2)5-8(12)9(7(3)11)10(13)14-4/h6,12H,5H2,1-4H3. The molecular weight excluding hydrogens is 184 g/mol. The number of Topliss-reactive ketones (excluding diaryl/α,β-unsaturated/α-hetero) is 1. The topological polar surface area (TPSA) is 63.6 Å². The van der Waals surface area contributed by atoms with Crippen LogP contribution in [0.25, 0.3) is 0 Å². The minimum absolute atomic E-state index is 0.175. The van der Waals surface area contributed by atoms with Gasteiger partial charge in [-0.15, -0.1) is 0 Å². The van der Waals surface area contributed by atoms with Crippen molar-refractivity contribution < 1.29 is 19.4 Å². The molecule has 0 saturated carbocycles. The van der Waals surface area contributed by atoms with Crippen molar-refractivity contribution in [2.75, 3.05) is 7.11 Å². The van der Waals surface area contributed by atoms with Crippen LogP contribution in [-0.4, -0.2) is 24.0 Å². The zero-order valence-electron chi connectivity index (χ0n) is 8.96. The number of methoxy groups -OCH3 is 1. The average molecular weight is 200 g/mol. The van der Waals surface area contributed by atoms with E-state index in [0.717, 1.165) is 0 Å². The first-order valence-corrected chi connectivity index (χ1v) is 4.41. The maximum Gasteiger partial charge on any atom is 0.344 e. The number of carbonyl (C=O) groups excluding carboxylic acids is 2. The normalized spacial score (nSPS) is 12.4. The largest absolute Gasteiger partial charge is 0.511 e. The second-order valence-electron chi connectivity index (χ2n) is 3.47. The number of ether oxygens (including phenoxy) is 1. The second kappa shape index (κ2) is 5.42. The van der Waals surface area contributed by atoms with Gasteiger partial charge < -0.3 is 9.84 Å². The Morgan fingerprint density at radius 1 is 1.36 bits per heavy atom. The maximum atomic E-state index is 11.1. The Balaban J connectivity index is 4.95. The van der Waals surface area contributed by atoms with E-state index < -0.39 is 11.8 Å². The van der Waals surface area contributed by atoms with Crippen LogP contribution in [0, 0.1) is 5.92 Å². The lowest BCUT2D eigenvalue weighted by Gasteiger charge is -2.07. The van der Waals surface area contributed by atoms with Gasteiger partial charge >= 0.3 is 5.97 Å². The molecule has 14 heavy (non-hydrogen) atoms. The fourth-order valence-electron chi connectivity index (χ4n) is 1.06. The molecule has 0 saturated heterocycles. The SMILES string of the molecule is COC(=O)C(C(C)=O)=C(O)CC(C)C. The summed E-state index contributed by atoms with van der Waals surface area (Å²) >= 11 is 0. The molecule has 0 radical (unpaired) electrons. The summed E-state index contributed by atoms with van der Waals surface area (Å²) in [6.07, 6.45) is 0.296. The van der Waals surface area contributed by atoms with Crippen LogP contribution in [0.2, 0.25) is 0 Å². The number of aliphatic hydroxyl groups excluding tert-OH is 1. The second-order valence-corrected chi connectivity index (χ2v) is 3.47. The van der Waals surface area contributed by atoms with E-state index in [0.29, 0.717) is 6.42 Å². The van der Waals surface area contributed by atoms with E-state index in [-0.39, 0.29) is 17.3 Å². The van der Waals surface area contributed by atoms with Crippen molar-refractivity contribution in [3.8, 4) is 0 Å². The van der Waals surface area contributed by atoms with E-state index in [1.807, 2.05) is 13.8 Å². The Labute approximate surface area is 83.6 Å². The summed E-state index contributed by atoms with van der Waals surface area (Å²) < 4.78 is 4.40. The van der Waals surface area contributed by atoms with Gasteiger partial charge in [0.1, 0.15) is 11.3 Å². The molecule has 0 aromatic heterocycles.